The van der Waals surface area contributed by atoms with Gasteiger partial charge < -0.3 is 8.85 Å². The van der Waals surface area contributed by atoms with Gasteiger partial charge in [0.1, 0.15) is 0 Å². The Kier molecular flexibility index (Phi) is 4.11. The molecule has 0 saturated heterocycles. The minimum absolute atomic E-state index is 0.663. The van der Waals surface area contributed by atoms with E-state index in [2.05, 4.69) is 26.0 Å². The molecule has 0 N–H and O–H groups in total. The zero-order valence-corrected chi connectivity index (χ0v) is 12.6. The van der Waals surface area contributed by atoms with Crippen LogP contribution in [0.15, 0.2) is 12.2 Å². The Morgan fingerprint density at radius 2 is 1.88 bits per heavy atom. The van der Waals surface area contributed by atoms with Crippen LogP contribution in [0, 0.1) is 23.7 Å². The second kappa shape index (κ2) is 5.25. The van der Waals surface area contributed by atoms with Crippen molar-refractivity contribution in [2.45, 2.75) is 38.8 Å². The summed E-state index contributed by atoms with van der Waals surface area (Å²) in [5, 5.41) is 0. The van der Waals surface area contributed by atoms with E-state index in [1.807, 2.05) is 14.2 Å². The molecule has 0 aromatic rings. The summed E-state index contributed by atoms with van der Waals surface area (Å²) in [5.41, 5.74) is 0. The molecular weight excluding hydrogens is 228 g/mol. The van der Waals surface area contributed by atoms with Crippen LogP contribution in [0.25, 0.3) is 0 Å². The molecule has 1 saturated carbocycles. The molecule has 2 bridgehead atoms. The fraction of sp³-hybridized carbons (Fsp3) is 0.857. The monoisotopic (exact) mass is 254 g/mol. The van der Waals surface area contributed by atoms with Gasteiger partial charge in [-0.1, -0.05) is 26.0 Å². The SMILES string of the molecule is CO[Si](CC(C)C)(CC1CC2C=CC1C2)OC. The van der Waals surface area contributed by atoms with Gasteiger partial charge in [0.25, 0.3) is 0 Å². The highest BCUT2D eigenvalue weighted by Crippen LogP contribution is 2.47. The normalized spacial score (nSPS) is 31.7. The van der Waals surface area contributed by atoms with Gasteiger partial charge in [0, 0.05) is 14.2 Å². The lowest BCUT2D eigenvalue weighted by molar-refractivity contribution is 0.224. The Labute approximate surface area is 107 Å². The number of hydrogen-bond donors (Lipinski definition) is 0. The van der Waals surface area contributed by atoms with Gasteiger partial charge in [-0.3, -0.25) is 0 Å². The highest BCUT2D eigenvalue weighted by Gasteiger charge is 2.44. The van der Waals surface area contributed by atoms with Crippen molar-refractivity contribution in [3.63, 3.8) is 0 Å². The predicted octanol–water partition coefficient (Wildman–Crippen LogP) is 3.59. The number of rotatable bonds is 6. The molecular formula is C14H26O2Si. The molecule has 2 aliphatic rings. The van der Waals surface area contributed by atoms with Crippen LogP contribution in [0.4, 0.5) is 0 Å². The van der Waals surface area contributed by atoms with Crippen LogP contribution >= 0.6 is 0 Å². The fourth-order valence-electron chi connectivity index (χ4n) is 3.65. The fourth-order valence-corrected chi connectivity index (χ4v) is 7.16. The van der Waals surface area contributed by atoms with E-state index in [-0.39, 0.29) is 0 Å². The van der Waals surface area contributed by atoms with Gasteiger partial charge in [-0.05, 0) is 48.6 Å². The first-order valence-corrected chi connectivity index (χ1v) is 9.10. The zero-order chi connectivity index (χ0) is 12.5. The molecule has 3 unspecified atom stereocenters. The van der Waals surface area contributed by atoms with Gasteiger partial charge in [-0.2, -0.15) is 0 Å². The van der Waals surface area contributed by atoms with Crippen LogP contribution in [0.3, 0.4) is 0 Å². The average Bonchev–Trinajstić information content (AvgIpc) is 2.89. The molecule has 0 radical (unpaired) electrons. The molecule has 3 heteroatoms. The van der Waals surface area contributed by atoms with Gasteiger partial charge in [0.15, 0.2) is 0 Å². The lowest BCUT2D eigenvalue weighted by Gasteiger charge is -2.33. The first-order valence-electron chi connectivity index (χ1n) is 6.87. The van der Waals surface area contributed by atoms with E-state index < -0.39 is 8.56 Å². The number of hydrogen-bond acceptors (Lipinski definition) is 2. The summed E-state index contributed by atoms with van der Waals surface area (Å²) in [6, 6.07) is 2.31. The smallest absolute Gasteiger partial charge is 0.338 e. The molecule has 0 amide bonds. The standard InChI is InChI=1S/C14H26O2Si/c1-11(2)9-17(15-3,16-4)10-14-8-12-5-6-13(14)7-12/h5-6,11-14H,7-10H2,1-4H3. The Balaban J connectivity index is 2.00. The minimum Gasteiger partial charge on any atom is -0.398 e. The van der Waals surface area contributed by atoms with E-state index in [0.717, 1.165) is 23.8 Å². The van der Waals surface area contributed by atoms with Crippen LogP contribution in [0.2, 0.25) is 12.1 Å². The third kappa shape index (κ3) is 2.83. The Bertz CT molecular complexity index is 284. The molecule has 0 aliphatic heterocycles. The molecule has 0 spiro atoms. The zero-order valence-electron chi connectivity index (χ0n) is 11.6. The van der Waals surface area contributed by atoms with Crippen LogP contribution in [-0.4, -0.2) is 22.8 Å². The largest absolute Gasteiger partial charge is 0.398 e. The number of fused-ring (bicyclic) bond motifs is 2. The predicted molar refractivity (Wildman–Crippen MR) is 73.1 cm³/mol. The lowest BCUT2D eigenvalue weighted by Crippen LogP contribution is -2.43. The van der Waals surface area contributed by atoms with Crippen molar-refractivity contribution < 1.29 is 8.85 Å². The van der Waals surface area contributed by atoms with Crippen LogP contribution < -0.4 is 0 Å². The van der Waals surface area contributed by atoms with Crippen molar-refractivity contribution in [3.05, 3.63) is 12.2 Å². The van der Waals surface area contributed by atoms with Crippen molar-refractivity contribution in [1.29, 1.82) is 0 Å². The molecule has 2 rings (SSSR count). The van der Waals surface area contributed by atoms with Gasteiger partial charge in [0.05, 0.1) is 0 Å². The van der Waals surface area contributed by atoms with Crippen molar-refractivity contribution in [3.8, 4) is 0 Å². The van der Waals surface area contributed by atoms with Gasteiger partial charge >= 0.3 is 8.56 Å². The molecule has 1 fully saturated rings. The number of allylic oxidation sites excluding steroid dienone is 2. The van der Waals surface area contributed by atoms with Crippen LogP contribution in [0.5, 0.6) is 0 Å². The van der Waals surface area contributed by atoms with Crippen molar-refractivity contribution >= 4 is 8.56 Å². The Morgan fingerprint density at radius 3 is 2.29 bits per heavy atom. The maximum absolute atomic E-state index is 5.86. The maximum Gasteiger partial charge on any atom is 0.338 e. The van der Waals surface area contributed by atoms with Gasteiger partial charge in [0.2, 0.25) is 0 Å². The molecule has 2 nitrogen and oxygen atoms in total. The van der Waals surface area contributed by atoms with E-state index in [1.54, 1.807) is 0 Å². The van der Waals surface area contributed by atoms with E-state index in [0.29, 0.717) is 5.92 Å². The quantitative estimate of drug-likeness (QED) is 0.533. The van der Waals surface area contributed by atoms with E-state index in [1.165, 1.54) is 18.9 Å². The van der Waals surface area contributed by atoms with E-state index in [4.69, 9.17) is 8.85 Å². The van der Waals surface area contributed by atoms with Crippen molar-refractivity contribution in [1.82, 2.24) is 0 Å². The second-order valence-corrected chi connectivity index (χ2v) is 9.62. The minimum atomic E-state index is -1.94. The molecule has 0 aromatic carbocycles. The summed E-state index contributed by atoms with van der Waals surface area (Å²) in [6.07, 6.45) is 7.58. The van der Waals surface area contributed by atoms with E-state index in [9.17, 15) is 0 Å². The first kappa shape index (κ1) is 13.3. The average molecular weight is 254 g/mol. The molecule has 3 atom stereocenters. The van der Waals surface area contributed by atoms with Crippen LogP contribution in [0.1, 0.15) is 26.7 Å². The topological polar surface area (TPSA) is 18.5 Å². The summed E-state index contributed by atoms with van der Waals surface area (Å²) in [5.74, 6) is 3.14. The summed E-state index contributed by atoms with van der Waals surface area (Å²) in [7, 11) is 1.75. The third-order valence-electron chi connectivity index (χ3n) is 4.45. The summed E-state index contributed by atoms with van der Waals surface area (Å²) in [4.78, 5) is 0. The summed E-state index contributed by atoms with van der Waals surface area (Å²) in [6.45, 7) is 4.53. The Morgan fingerprint density at radius 1 is 1.18 bits per heavy atom. The van der Waals surface area contributed by atoms with Crippen molar-refractivity contribution in [2.75, 3.05) is 14.2 Å². The molecule has 2 aliphatic carbocycles. The van der Waals surface area contributed by atoms with Crippen LogP contribution in [-0.2, 0) is 8.85 Å². The second-order valence-electron chi connectivity index (χ2n) is 6.16. The third-order valence-corrected chi connectivity index (χ3v) is 8.53. The molecule has 0 heterocycles. The first-order chi connectivity index (χ1) is 8.08. The van der Waals surface area contributed by atoms with Crippen molar-refractivity contribution in [2.24, 2.45) is 23.7 Å². The summed E-state index contributed by atoms with van der Waals surface area (Å²) < 4.78 is 11.7. The summed E-state index contributed by atoms with van der Waals surface area (Å²) >= 11 is 0. The van der Waals surface area contributed by atoms with Gasteiger partial charge in [-0.25, -0.2) is 0 Å². The molecule has 17 heavy (non-hydrogen) atoms. The van der Waals surface area contributed by atoms with Gasteiger partial charge in [-0.15, -0.1) is 0 Å². The molecule has 98 valence electrons. The molecule has 0 aromatic heterocycles. The lowest BCUT2D eigenvalue weighted by atomic mass is 9.96. The Hall–Kier alpha value is -0.123. The highest BCUT2D eigenvalue weighted by atomic mass is 28.4. The maximum atomic E-state index is 5.86. The van der Waals surface area contributed by atoms with E-state index >= 15 is 0 Å². The highest BCUT2D eigenvalue weighted by molar-refractivity contribution is 6.67.